The van der Waals surface area contributed by atoms with Gasteiger partial charge in [0.05, 0.1) is 23.7 Å². The number of hydrogen-bond acceptors (Lipinski definition) is 5. The molecule has 1 atom stereocenters. The average Bonchev–Trinajstić information content (AvgIpc) is 2.73. The predicted octanol–water partition coefficient (Wildman–Crippen LogP) is 1.89. The van der Waals surface area contributed by atoms with Crippen molar-refractivity contribution in [2.45, 2.75) is 19.6 Å². The summed E-state index contributed by atoms with van der Waals surface area (Å²) in [6.07, 6.45) is -0.631. The van der Waals surface area contributed by atoms with E-state index in [1.165, 1.54) is 10.4 Å². The van der Waals surface area contributed by atoms with Crippen molar-refractivity contribution in [3.8, 4) is 0 Å². The smallest absolute Gasteiger partial charge is 0.274 e. The van der Waals surface area contributed by atoms with Crippen LogP contribution in [0.15, 0.2) is 59.4 Å². The Morgan fingerprint density at radius 2 is 1.57 bits per heavy atom. The Hall–Kier alpha value is -2.70. The largest absolute Gasteiger partial charge is 0.390 e. The quantitative estimate of drug-likeness (QED) is 0.735. The highest BCUT2D eigenvalue weighted by atomic mass is 16.3. The van der Waals surface area contributed by atoms with E-state index >= 15 is 0 Å². The van der Waals surface area contributed by atoms with Gasteiger partial charge in [0.2, 0.25) is 0 Å². The van der Waals surface area contributed by atoms with Crippen LogP contribution >= 0.6 is 0 Å². The van der Waals surface area contributed by atoms with Crippen LogP contribution in [0.3, 0.4) is 0 Å². The first-order chi connectivity index (χ1) is 13.6. The molecule has 6 heteroatoms. The number of anilines is 1. The predicted molar refractivity (Wildman–Crippen MR) is 112 cm³/mol. The highest BCUT2D eigenvalue weighted by molar-refractivity contribution is 5.83. The topological polar surface area (TPSA) is 61.6 Å². The molecular weight excluding hydrogens is 352 g/mol. The number of hydrogen-bond donors (Lipinski definition) is 1. The molecule has 0 radical (unpaired) electrons. The maximum atomic E-state index is 12.7. The van der Waals surface area contributed by atoms with Crippen LogP contribution in [0.1, 0.15) is 5.69 Å². The highest BCUT2D eigenvalue weighted by Crippen LogP contribution is 2.16. The number of aromatic nitrogens is 2. The Kier molecular flexibility index (Phi) is 5.41. The van der Waals surface area contributed by atoms with Crippen molar-refractivity contribution in [1.82, 2.24) is 14.7 Å². The van der Waals surface area contributed by atoms with E-state index in [0.717, 1.165) is 37.3 Å². The van der Waals surface area contributed by atoms with Gasteiger partial charge in [-0.3, -0.25) is 9.69 Å². The number of rotatable bonds is 5. The summed E-state index contributed by atoms with van der Waals surface area (Å²) >= 11 is 0. The molecule has 1 aliphatic heterocycles. The van der Waals surface area contributed by atoms with Crippen molar-refractivity contribution < 1.29 is 5.11 Å². The molecule has 1 aromatic heterocycles. The van der Waals surface area contributed by atoms with Gasteiger partial charge in [0.15, 0.2) is 0 Å². The van der Waals surface area contributed by atoms with Gasteiger partial charge in [-0.15, -0.1) is 0 Å². The molecule has 3 aromatic rings. The summed E-state index contributed by atoms with van der Waals surface area (Å²) in [6, 6.07) is 17.9. The lowest BCUT2D eigenvalue weighted by Crippen LogP contribution is -2.49. The molecule has 4 rings (SSSR count). The molecular formula is C22H26N4O2. The van der Waals surface area contributed by atoms with Gasteiger partial charge in [0, 0.05) is 43.8 Å². The van der Waals surface area contributed by atoms with E-state index in [2.05, 4.69) is 39.2 Å². The fourth-order valence-electron chi connectivity index (χ4n) is 3.91. The molecule has 1 unspecified atom stereocenters. The molecule has 0 aliphatic carbocycles. The zero-order valence-corrected chi connectivity index (χ0v) is 16.2. The number of aliphatic hydroxyl groups excluding tert-OH is 1. The van der Waals surface area contributed by atoms with E-state index in [-0.39, 0.29) is 12.1 Å². The van der Waals surface area contributed by atoms with Gasteiger partial charge in [0.1, 0.15) is 0 Å². The lowest BCUT2D eigenvalue weighted by atomic mass is 10.1. The van der Waals surface area contributed by atoms with E-state index in [1.54, 1.807) is 0 Å². The van der Waals surface area contributed by atoms with Crippen molar-refractivity contribution in [2.24, 2.45) is 0 Å². The molecule has 6 nitrogen and oxygen atoms in total. The van der Waals surface area contributed by atoms with Crippen LogP contribution < -0.4 is 10.5 Å². The zero-order chi connectivity index (χ0) is 19.5. The fraction of sp³-hybridized carbons (Fsp3) is 0.364. The third-order valence-corrected chi connectivity index (χ3v) is 5.40. The Labute approximate surface area is 164 Å². The van der Waals surface area contributed by atoms with Crippen molar-refractivity contribution in [1.29, 1.82) is 0 Å². The first-order valence-electron chi connectivity index (χ1n) is 9.79. The molecule has 28 heavy (non-hydrogen) atoms. The van der Waals surface area contributed by atoms with Crippen molar-refractivity contribution in [2.75, 3.05) is 37.6 Å². The molecule has 0 spiro atoms. The minimum atomic E-state index is -0.631. The molecule has 2 aromatic carbocycles. The van der Waals surface area contributed by atoms with Gasteiger partial charge >= 0.3 is 0 Å². The number of nitrogens with zero attached hydrogens (tertiary/aromatic N) is 4. The van der Waals surface area contributed by atoms with Crippen molar-refractivity contribution in [3.05, 3.63) is 70.6 Å². The molecule has 1 saturated heterocycles. The van der Waals surface area contributed by atoms with Crippen molar-refractivity contribution in [3.63, 3.8) is 0 Å². The van der Waals surface area contributed by atoms with Gasteiger partial charge in [-0.25, -0.2) is 4.68 Å². The molecule has 0 saturated carbocycles. The second-order valence-electron chi connectivity index (χ2n) is 7.40. The summed E-state index contributed by atoms with van der Waals surface area (Å²) in [5.74, 6) is 0. The van der Waals surface area contributed by atoms with E-state index in [1.807, 2.05) is 37.3 Å². The monoisotopic (exact) mass is 378 g/mol. The summed E-state index contributed by atoms with van der Waals surface area (Å²) in [6.45, 7) is 6.31. The van der Waals surface area contributed by atoms with Crippen LogP contribution in [0, 0.1) is 6.92 Å². The average molecular weight is 378 g/mol. The zero-order valence-electron chi connectivity index (χ0n) is 16.2. The standard InChI is InChI=1S/C22H26N4O2/c1-17-20-9-5-6-10-21(20)22(28)26(23-17)16-19(27)15-24-11-13-25(14-12-24)18-7-3-2-4-8-18/h2-10,19,27H,11-16H2,1H3. The highest BCUT2D eigenvalue weighted by Gasteiger charge is 2.20. The third kappa shape index (κ3) is 3.93. The number of para-hydroxylation sites is 1. The second kappa shape index (κ2) is 8.12. The molecule has 1 aliphatic rings. The Balaban J connectivity index is 1.38. The van der Waals surface area contributed by atoms with Crippen LogP contribution in [-0.4, -0.2) is 58.6 Å². The summed E-state index contributed by atoms with van der Waals surface area (Å²) in [5.41, 5.74) is 1.90. The Bertz CT molecular complexity index is 994. The van der Waals surface area contributed by atoms with Gasteiger partial charge in [-0.05, 0) is 25.1 Å². The summed E-state index contributed by atoms with van der Waals surface area (Å²) < 4.78 is 1.41. The maximum absolute atomic E-state index is 12.7. The second-order valence-corrected chi connectivity index (χ2v) is 7.40. The Morgan fingerprint density at radius 3 is 2.29 bits per heavy atom. The van der Waals surface area contributed by atoms with Gasteiger partial charge in [0.25, 0.3) is 5.56 Å². The first-order valence-corrected chi connectivity index (χ1v) is 9.79. The van der Waals surface area contributed by atoms with Crippen LogP contribution in [0.2, 0.25) is 0 Å². The van der Waals surface area contributed by atoms with Crippen LogP contribution in [0.25, 0.3) is 10.8 Å². The van der Waals surface area contributed by atoms with Crippen LogP contribution in [0.5, 0.6) is 0 Å². The lowest BCUT2D eigenvalue weighted by Gasteiger charge is -2.36. The number of fused-ring (bicyclic) bond motifs is 1. The van der Waals surface area contributed by atoms with E-state index in [4.69, 9.17) is 0 Å². The lowest BCUT2D eigenvalue weighted by molar-refractivity contribution is 0.0908. The fourth-order valence-corrected chi connectivity index (χ4v) is 3.91. The number of benzene rings is 2. The van der Waals surface area contributed by atoms with Crippen LogP contribution in [-0.2, 0) is 6.54 Å². The van der Waals surface area contributed by atoms with E-state index in [9.17, 15) is 9.90 Å². The van der Waals surface area contributed by atoms with E-state index < -0.39 is 6.10 Å². The molecule has 0 amide bonds. The summed E-state index contributed by atoms with van der Waals surface area (Å²) in [5, 5.41) is 16.5. The van der Waals surface area contributed by atoms with Gasteiger partial charge in [-0.2, -0.15) is 5.10 Å². The van der Waals surface area contributed by atoms with Crippen LogP contribution in [0.4, 0.5) is 5.69 Å². The van der Waals surface area contributed by atoms with Gasteiger partial charge < -0.3 is 10.0 Å². The molecule has 0 bridgehead atoms. The number of aliphatic hydroxyl groups is 1. The maximum Gasteiger partial charge on any atom is 0.274 e. The minimum Gasteiger partial charge on any atom is -0.390 e. The molecule has 146 valence electrons. The Morgan fingerprint density at radius 1 is 0.929 bits per heavy atom. The number of β-amino-alcohol motifs (C(OH)–C–C–N with tert-alkyl or cyclic N) is 1. The molecule has 1 N–H and O–H groups in total. The summed E-state index contributed by atoms with van der Waals surface area (Å²) in [7, 11) is 0. The minimum absolute atomic E-state index is 0.144. The van der Waals surface area contributed by atoms with Crippen molar-refractivity contribution >= 4 is 16.5 Å². The first kappa shape index (κ1) is 18.7. The summed E-state index contributed by atoms with van der Waals surface area (Å²) in [4.78, 5) is 17.3. The normalized spacial score (nSPS) is 16.4. The molecule has 2 heterocycles. The van der Waals surface area contributed by atoms with E-state index in [0.29, 0.717) is 11.9 Å². The SMILES string of the molecule is Cc1nn(CC(O)CN2CCN(c3ccccc3)CC2)c(=O)c2ccccc12. The number of piperazine rings is 1. The van der Waals surface area contributed by atoms with Gasteiger partial charge in [-0.1, -0.05) is 36.4 Å². The molecule has 1 fully saturated rings. The number of aryl methyl sites for hydroxylation is 1. The third-order valence-electron chi connectivity index (χ3n) is 5.40.